The van der Waals surface area contributed by atoms with Crippen molar-refractivity contribution in [1.82, 2.24) is 5.48 Å². The fourth-order valence-corrected chi connectivity index (χ4v) is 4.71. The van der Waals surface area contributed by atoms with E-state index in [2.05, 4.69) is 60.9 Å². The lowest BCUT2D eigenvalue weighted by Gasteiger charge is -2.36. The first kappa shape index (κ1) is 27.9. The van der Waals surface area contributed by atoms with Crippen LogP contribution in [-0.4, -0.2) is 24.9 Å². The van der Waals surface area contributed by atoms with Gasteiger partial charge in [-0.3, -0.25) is 0 Å². The van der Waals surface area contributed by atoms with Gasteiger partial charge in [-0.15, -0.1) is 0 Å². The van der Waals surface area contributed by atoms with Crippen molar-refractivity contribution in [2.24, 2.45) is 29.6 Å². The van der Waals surface area contributed by atoms with Gasteiger partial charge in [0.25, 0.3) is 0 Å². The highest BCUT2D eigenvalue weighted by molar-refractivity contribution is 4.79. The smallest absolute Gasteiger partial charge is 0.0709 e. The van der Waals surface area contributed by atoms with Gasteiger partial charge < -0.3 is 9.57 Å². The van der Waals surface area contributed by atoms with E-state index in [1.807, 2.05) is 0 Å². The third-order valence-corrected chi connectivity index (χ3v) is 7.07. The highest BCUT2D eigenvalue weighted by Gasteiger charge is 2.30. The van der Waals surface area contributed by atoms with E-state index < -0.39 is 0 Å². The maximum absolute atomic E-state index is 6.39. The highest BCUT2D eigenvalue weighted by Crippen LogP contribution is 2.37. The van der Waals surface area contributed by atoms with E-state index >= 15 is 0 Å². The second kappa shape index (κ2) is 14.9. The SMILES string of the molecule is CC(C)CCCC(C)CCCC1CCC(C)C(COC(C)(C)CCONC(C)C)C1. The van der Waals surface area contributed by atoms with Crippen LogP contribution in [0.15, 0.2) is 0 Å². The van der Waals surface area contributed by atoms with Gasteiger partial charge in [-0.1, -0.05) is 79.1 Å². The van der Waals surface area contributed by atoms with E-state index in [1.54, 1.807) is 0 Å². The van der Waals surface area contributed by atoms with Crippen molar-refractivity contribution >= 4 is 0 Å². The largest absolute Gasteiger partial charge is 0.375 e. The molecule has 0 heterocycles. The molecular formula is C27H55NO2. The summed E-state index contributed by atoms with van der Waals surface area (Å²) in [6, 6.07) is 0.358. The van der Waals surface area contributed by atoms with Gasteiger partial charge in [0.05, 0.1) is 18.8 Å². The van der Waals surface area contributed by atoms with E-state index in [4.69, 9.17) is 9.57 Å². The van der Waals surface area contributed by atoms with Crippen molar-refractivity contribution in [1.29, 1.82) is 0 Å². The summed E-state index contributed by atoms with van der Waals surface area (Å²) >= 11 is 0. The molecule has 3 heteroatoms. The molecule has 4 unspecified atom stereocenters. The molecule has 0 amide bonds. The van der Waals surface area contributed by atoms with Crippen molar-refractivity contribution in [3.05, 3.63) is 0 Å². The summed E-state index contributed by atoms with van der Waals surface area (Å²) in [4.78, 5) is 5.53. The Hall–Kier alpha value is -0.120. The predicted octanol–water partition coefficient (Wildman–Crippen LogP) is 7.79. The molecule has 3 nitrogen and oxygen atoms in total. The fraction of sp³-hybridized carbons (Fsp3) is 1.00. The first-order valence-electron chi connectivity index (χ1n) is 13.1. The Morgan fingerprint density at radius 3 is 2.33 bits per heavy atom. The number of hydrogen-bond acceptors (Lipinski definition) is 3. The van der Waals surface area contributed by atoms with Gasteiger partial charge in [-0.2, -0.15) is 0 Å². The van der Waals surface area contributed by atoms with Gasteiger partial charge >= 0.3 is 0 Å². The third-order valence-electron chi connectivity index (χ3n) is 7.07. The molecule has 0 aliphatic heterocycles. The lowest BCUT2D eigenvalue weighted by molar-refractivity contribution is -0.0801. The summed E-state index contributed by atoms with van der Waals surface area (Å²) in [5, 5.41) is 0. The number of hydrogen-bond donors (Lipinski definition) is 1. The molecule has 0 aromatic carbocycles. The van der Waals surface area contributed by atoms with Crippen LogP contribution in [0.1, 0.15) is 120 Å². The van der Waals surface area contributed by atoms with Gasteiger partial charge in [0, 0.05) is 12.5 Å². The Kier molecular flexibility index (Phi) is 13.8. The molecule has 0 saturated heterocycles. The van der Waals surface area contributed by atoms with Crippen molar-refractivity contribution in [2.45, 2.75) is 131 Å². The highest BCUT2D eigenvalue weighted by atomic mass is 16.6. The van der Waals surface area contributed by atoms with Crippen LogP contribution in [0, 0.1) is 29.6 Å². The lowest BCUT2D eigenvalue weighted by atomic mass is 9.73. The zero-order valence-electron chi connectivity index (χ0n) is 21.8. The van der Waals surface area contributed by atoms with Crippen LogP contribution < -0.4 is 5.48 Å². The number of nitrogens with one attached hydrogen (secondary N) is 1. The predicted molar refractivity (Wildman–Crippen MR) is 131 cm³/mol. The Labute approximate surface area is 189 Å². The van der Waals surface area contributed by atoms with Crippen LogP contribution in [0.3, 0.4) is 0 Å². The maximum atomic E-state index is 6.39. The molecule has 1 N–H and O–H groups in total. The molecule has 0 aromatic rings. The molecule has 1 fully saturated rings. The van der Waals surface area contributed by atoms with Crippen LogP contribution in [0.2, 0.25) is 0 Å². The summed E-state index contributed by atoms with van der Waals surface area (Å²) in [5.41, 5.74) is 2.91. The van der Waals surface area contributed by atoms with Crippen LogP contribution in [0.25, 0.3) is 0 Å². The third kappa shape index (κ3) is 13.3. The summed E-state index contributed by atoms with van der Waals surface area (Å²) in [6.07, 6.45) is 13.6. The van der Waals surface area contributed by atoms with Crippen LogP contribution in [0.4, 0.5) is 0 Å². The average molecular weight is 426 g/mol. The Morgan fingerprint density at radius 1 is 0.967 bits per heavy atom. The average Bonchev–Trinajstić information content (AvgIpc) is 2.65. The monoisotopic (exact) mass is 425 g/mol. The van der Waals surface area contributed by atoms with Crippen LogP contribution >= 0.6 is 0 Å². The van der Waals surface area contributed by atoms with E-state index in [0.717, 1.165) is 42.6 Å². The molecule has 0 aromatic heterocycles. The normalized spacial score (nSPS) is 24.0. The molecule has 1 saturated carbocycles. The number of ether oxygens (including phenoxy) is 1. The molecule has 4 atom stereocenters. The zero-order chi connectivity index (χ0) is 22.6. The minimum Gasteiger partial charge on any atom is -0.375 e. The van der Waals surface area contributed by atoms with Crippen molar-refractivity contribution in [2.75, 3.05) is 13.2 Å². The van der Waals surface area contributed by atoms with Crippen molar-refractivity contribution < 1.29 is 9.57 Å². The standard InChI is InChI=1S/C27H55NO2/c1-21(2)11-9-12-23(5)13-10-14-25-16-15-24(6)26(19-25)20-29-27(7,8)17-18-30-28-22(3)4/h21-26,28H,9-20H2,1-8H3. The van der Waals surface area contributed by atoms with E-state index in [9.17, 15) is 0 Å². The second-order valence-corrected chi connectivity index (χ2v) is 11.7. The molecule has 180 valence electrons. The van der Waals surface area contributed by atoms with E-state index in [0.29, 0.717) is 12.6 Å². The Balaban J connectivity index is 2.25. The molecular weight excluding hydrogens is 370 g/mol. The van der Waals surface area contributed by atoms with Crippen LogP contribution in [0.5, 0.6) is 0 Å². The van der Waals surface area contributed by atoms with E-state index in [1.165, 1.54) is 57.8 Å². The molecule has 0 bridgehead atoms. The van der Waals surface area contributed by atoms with Crippen molar-refractivity contribution in [3.63, 3.8) is 0 Å². The molecule has 30 heavy (non-hydrogen) atoms. The topological polar surface area (TPSA) is 30.5 Å². The summed E-state index contributed by atoms with van der Waals surface area (Å²) in [6.45, 7) is 19.8. The maximum Gasteiger partial charge on any atom is 0.0709 e. The van der Waals surface area contributed by atoms with Gasteiger partial charge in [0.15, 0.2) is 0 Å². The Morgan fingerprint density at radius 2 is 1.67 bits per heavy atom. The van der Waals surface area contributed by atoms with E-state index in [-0.39, 0.29) is 5.60 Å². The van der Waals surface area contributed by atoms with Crippen molar-refractivity contribution in [3.8, 4) is 0 Å². The van der Waals surface area contributed by atoms with Crippen LogP contribution in [-0.2, 0) is 9.57 Å². The number of hydroxylamine groups is 1. The lowest BCUT2D eigenvalue weighted by Crippen LogP contribution is -2.34. The second-order valence-electron chi connectivity index (χ2n) is 11.7. The van der Waals surface area contributed by atoms with Gasteiger partial charge in [-0.05, 0) is 63.7 Å². The van der Waals surface area contributed by atoms with Gasteiger partial charge in [0.2, 0.25) is 0 Å². The zero-order valence-corrected chi connectivity index (χ0v) is 21.8. The molecule has 0 spiro atoms. The summed E-state index contributed by atoms with van der Waals surface area (Å²) in [7, 11) is 0. The first-order valence-corrected chi connectivity index (χ1v) is 13.1. The molecule has 1 aliphatic carbocycles. The number of rotatable bonds is 16. The first-order chi connectivity index (χ1) is 14.1. The fourth-order valence-electron chi connectivity index (χ4n) is 4.71. The summed E-state index contributed by atoms with van der Waals surface area (Å²) in [5.74, 6) is 4.19. The molecule has 1 rings (SSSR count). The minimum atomic E-state index is -0.114. The minimum absolute atomic E-state index is 0.114. The Bertz CT molecular complexity index is 421. The molecule has 0 radical (unpaired) electrons. The van der Waals surface area contributed by atoms with Gasteiger partial charge in [-0.25, -0.2) is 5.48 Å². The summed E-state index contributed by atoms with van der Waals surface area (Å²) < 4.78 is 6.39. The quantitative estimate of drug-likeness (QED) is 0.202. The molecule has 1 aliphatic rings. The van der Waals surface area contributed by atoms with Gasteiger partial charge in [0.1, 0.15) is 0 Å².